The number of hydrogen-bond acceptors (Lipinski definition) is 8. The SMILES string of the molecule is O=C(Nc1cncc(C#Cc2cnc(NCCCN3CCOCC3)nc2)c1)Oc1ccc(Cl)cc1. The number of carbonyl (C=O) groups excluding carboxylic acids is 1. The van der Waals surface area contributed by atoms with Crippen molar-refractivity contribution in [1.82, 2.24) is 19.9 Å². The van der Waals surface area contributed by atoms with Crippen LogP contribution in [-0.2, 0) is 4.74 Å². The van der Waals surface area contributed by atoms with Crippen LogP contribution in [0.2, 0.25) is 5.02 Å². The van der Waals surface area contributed by atoms with Gasteiger partial charge in [-0.3, -0.25) is 15.2 Å². The topological polar surface area (TPSA) is 102 Å². The summed E-state index contributed by atoms with van der Waals surface area (Å²) in [5, 5.41) is 6.42. The van der Waals surface area contributed by atoms with E-state index in [0.717, 1.165) is 45.8 Å². The first-order valence-electron chi connectivity index (χ1n) is 11.2. The molecule has 9 nitrogen and oxygen atoms in total. The van der Waals surface area contributed by atoms with E-state index in [1.54, 1.807) is 48.9 Å². The molecule has 1 aromatic carbocycles. The van der Waals surface area contributed by atoms with Gasteiger partial charge in [-0.15, -0.1) is 0 Å². The summed E-state index contributed by atoms with van der Waals surface area (Å²) >= 11 is 5.83. The molecule has 3 heterocycles. The summed E-state index contributed by atoms with van der Waals surface area (Å²) in [5.41, 5.74) is 1.76. The van der Waals surface area contributed by atoms with Gasteiger partial charge >= 0.3 is 6.09 Å². The number of halogens is 1. The molecule has 1 amide bonds. The number of hydrogen-bond donors (Lipinski definition) is 2. The molecule has 0 atom stereocenters. The Bertz CT molecular complexity index is 1170. The van der Waals surface area contributed by atoms with Crippen molar-refractivity contribution < 1.29 is 14.3 Å². The van der Waals surface area contributed by atoms with Gasteiger partial charge in [0, 0.05) is 48.8 Å². The minimum Gasteiger partial charge on any atom is -0.410 e. The molecular formula is C25H25ClN6O3. The van der Waals surface area contributed by atoms with E-state index in [1.807, 2.05) is 0 Å². The molecule has 2 N–H and O–H groups in total. The van der Waals surface area contributed by atoms with Crippen LogP contribution in [0.4, 0.5) is 16.4 Å². The van der Waals surface area contributed by atoms with Crippen molar-refractivity contribution in [2.45, 2.75) is 6.42 Å². The molecule has 0 bridgehead atoms. The predicted molar refractivity (Wildman–Crippen MR) is 134 cm³/mol. The monoisotopic (exact) mass is 492 g/mol. The lowest BCUT2D eigenvalue weighted by atomic mass is 10.2. The van der Waals surface area contributed by atoms with Gasteiger partial charge in [0.25, 0.3) is 0 Å². The summed E-state index contributed by atoms with van der Waals surface area (Å²) in [7, 11) is 0. The van der Waals surface area contributed by atoms with Crippen molar-refractivity contribution in [1.29, 1.82) is 0 Å². The average Bonchev–Trinajstić information content (AvgIpc) is 2.88. The fourth-order valence-corrected chi connectivity index (χ4v) is 3.41. The number of morpholine rings is 1. The molecule has 35 heavy (non-hydrogen) atoms. The average molecular weight is 493 g/mol. The molecular weight excluding hydrogens is 468 g/mol. The van der Waals surface area contributed by atoms with Crippen molar-refractivity contribution in [3.63, 3.8) is 0 Å². The summed E-state index contributed by atoms with van der Waals surface area (Å²) in [4.78, 5) is 27.3. The van der Waals surface area contributed by atoms with E-state index in [0.29, 0.717) is 33.5 Å². The van der Waals surface area contributed by atoms with E-state index in [-0.39, 0.29) is 0 Å². The second kappa shape index (κ2) is 12.7. The molecule has 10 heteroatoms. The molecule has 1 aliphatic heterocycles. The number of anilines is 2. The van der Waals surface area contributed by atoms with E-state index >= 15 is 0 Å². The molecule has 1 aliphatic rings. The van der Waals surface area contributed by atoms with Crippen molar-refractivity contribution in [2.24, 2.45) is 0 Å². The van der Waals surface area contributed by atoms with E-state index in [1.165, 1.54) is 6.20 Å². The summed E-state index contributed by atoms with van der Waals surface area (Å²) in [6.45, 7) is 5.44. The second-order valence-electron chi connectivity index (χ2n) is 7.71. The fourth-order valence-electron chi connectivity index (χ4n) is 3.29. The molecule has 0 aliphatic carbocycles. The Labute approximate surface area is 208 Å². The molecule has 1 fully saturated rings. The standard InChI is InChI=1S/C25H25ClN6O3/c26-21-4-6-23(7-5-21)35-25(33)31-22-14-19(15-27-18-22)2-3-20-16-29-24(30-17-20)28-8-1-9-32-10-12-34-13-11-32/h4-7,14-18H,1,8-13H2,(H,31,33)(H,28,29,30). The third-order valence-electron chi connectivity index (χ3n) is 5.05. The number of amides is 1. The first kappa shape index (κ1) is 24.4. The third-order valence-corrected chi connectivity index (χ3v) is 5.30. The number of rotatable bonds is 7. The van der Waals surface area contributed by atoms with Gasteiger partial charge in [-0.05, 0) is 43.3 Å². The van der Waals surface area contributed by atoms with Gasteiger partial charge in [0.1, 0.15) is 5.75 Å². The molecule has 0 unspecified atom stereocenters. The quantitative estimate of drug-likeness (QED) is 0.380. The fraction of sp³-hybridized carbons (Fsp3) is 0.280. The van der Waals surface area contributed by atoms with Crippen LogP contribution in [0.25, 0.3) is 0 Å². The number of ether oxygens (including phenoxy) is 2. The van der Waals surface area contributed by atoms with Gasteiger partial charge in [0.2, 0.25) is 5.95 Å². The second-order valence-corrected chi connectivity index (χ2v) is 8.15. The zero-order valence-corrected chi connectivity index (χ0v) is 19.8. The number of aromatic nitrogens is 3. The molecule has 4 rings (SSSR count). The lowest BCUT2D eigenvalue weighted by molar-refractivity contribution is 0.0378. The molecule has 0 saturated carbocycles. The molecule has 0 radical (unpaired) electrons. The Morgan fingerprint density at radius 1 is 1.06 bits per heavy atom. The first-order valence-corrected chi connectivity index (χ1v) is 11.6. The molecule has 3 aromatic rings. The van der Waals surface area contributed by atoms with Crippen molar-refractivity contribution in [2.75, 3.05) is 50.0 Å². The van der Waals surface area contributed by atoms with Gasteiger partial charge in [0.05, 0.1) is 30.7 Å². The Hall–Kier alpha value is -3.71. The van der Waals surface area contributed by atoms with Gasteiger partial charge in [-0.25, -0.2) is 14.8 Å². The van der Waals surface area contributed by atoms with Crippen LogP contribution in [0.3, 0.4) is 0 Å². The van der Waals surface area contributed by atoms with E-state index < -0.39 is 6.09 Å². The third kappa shape index (κ3) is 8.22. The highest BCUT2D eigenvalue weighted by atomic mass is 35.5. The van der Waals surface area contributed by atoms with Gasteiger partial charge < -0.3 is 14.8 Å². The summed E-state index contributed by atoms with van der Waals surface area (Å²) in [6.07, 6.45) is 6.83. The van der Waals surface area contributed by atoms with Crippen LogP contribution in [0.1, 0.15) is 17.5 Å². The Morgan fingerprint density at radius 2 is 1.80 bits per heavy atom. The summed E-state index contributed by atoms with van der Waals surface area (Å²) in [6, 6.07) is 8.20. The van der Waals surface area contributed by atoms with E-state index in [4.69, 9.17) is 21.1 Å². The summed E-state index contributed by atoms with van der Waals surface area (Å²) < 4.78 is 10.6. The van der Waals surface area contributed by atoms with Gasteiger partial charge in [0.15, 0.2) is 0 Å². The molecule has 1 saturated heterocycles. The maximum atomic E-state index is 12.1. The van der Waals surface area contributed by atoms with Crippen molar-refractivity contribution in [3.8, 4) is 17.6 Å². The lowest BCUT2D eigenvalue weighted by Gasteiger charge is -2.26. The van der Waals surface area contributed by atoms with Crippen LogP contribution >= 0.6 is 11.6 Å². The van der Waals surface area contributed by atoms with Gasteiger partial charge in [-0.2, -0.15) is 0 Å². The molecule has 2 aromatic heterocycles. The number of pyridine rings is 1. The largest absolute Gasteiger partial charge is 0.417 e. The zero-order chi connectivity index (χ0) is 24.3. The van der Waals surface area contributed by atoms with Crippen LogP contribution < -0.4 is 15.4 Å². The maximum absolute atomic E-state index is 12.1. The van der Waals surface area contributed by atoms with Crippen LogP contribution in [-0.4, -0.2) is 65.3 Å². The van der Waals surface area contributed by atoms with Crippen LogP contribution in [0, 0.1) is 11.8 Å². The van der Waals surface area contributed by atoms with Crippen LogP contribution in [0.5, 0.6) is 5.75 Å². The van der Waals surface area contributed by atoms with Crippen molar-refractivity contribution in [3.05, 3.63) is 71.3 Å². The lowest BCUT2D eigenvalue weighted by Crippen LogP contribution is -2.37. The normalized spacial score (nSPS) is 13.4. The smallest absolute Gasteiger partial charge is 0.410 e. The predicted octanol–water partition coefficient (Wildman–Crippen LogP) is 3.67. The van der Waals surface area contributed by atoms with Crippen LogP contribution in [0.15, 0.2) is 55.1 Å². The maximum Gasteiger partial charge on any atom is 0.417 e. The highest BCUT2D eigenvalue weighted by Gasteiger charge is 2.09. The van der Waals surface area contributed by atoms with E-state index in [9.17, 15) is 4.79 Å². The Kier molecular flexibility index (Phi) is 8.84. The minimum atomic E-state index is -0.638. The summed E-state index contributed by atoms with van der Waals surface area (Å²) in [5.74, 6) is 6.96. The van der Waals surface area contributed by atoms with Gasteiger partial charge in [-0.1, -0.05) is 23.4 Å². The van der Waals surface area contributed by atoms with Crippen molar-refractivity contribution >= 4 is 29.3 Å². The highest BCUT2D eigenvalue weighted by molar-refractivity contribution is 6.30. The molecule has 180 valence electrons. The number of nitrogens with one attached hydrogen (secondary N) is 2. The zero-order valence-electron chi connectivity index (χ0n) is 19.0. The Morgan fingerprint density at radius 3 is 2.57 bits per heavy atom. The first-order chi connectivity index (χ1) is 17.1. The van der Waals surface area contributed by atoms with E-state index in [2.05, 4.69) is 42.3 Å². The molecule has 0 spiro atoms. The Balaban J connectivity index is 1.25. The number of carbonyl (C=O) groups is 1. The minimum absolute atomic E-state index is 0.380. The number of nitrogens with zero attached hydrogens (tertiary/aromatic N) is 4. The highest BCUT2D eigenvalue weighted by Crippen LogP contribution is 2.16. The number of benzene rings is 1.